The normalized spacial score (nSPS) is 10.7. The van der Waals surface area contributed by atoms with Gasteiger partial charge < -0.3 is 10.6 Å². The summed E-state index contributed by atoms with van der Waals surface area (Å²) in [5.41, 5.74) is 3.99. The third-order valence-electron chi connectivity index (χ3n) is 3.39. The zero-order chi connectivity index (χ0) is 15.4. The van der Waals surface area contributed by atoms with Crippen molar-refractivity contribution in [3.63, 3.8) is 0 Å². The summed E-state index contributed by atoms with van der Waals surface area (Å²) in [5, 5.41) is 9.91. The van der Waals surface area contributed by atoms with Gasteiger partial charge in [0.1, 0.15) is 0 Å². The third kappa shape index (κ3) is 4.08. The maximum Gasteiger partial charge on any atom is 0.319 e. The third-order valence-corrected chi connectivity index (χ3v) is 3.39. The van der Waals surface area contributed by atoms with Crippen LogP contribution in [0.1, 0.15) is 36.6 Å². The van der Waals surface area contributed by atoms with E-state index in [4.69, 9.17) is 0 Å². The van der Waals surface area contributed by atoms with E-state index in [1.807, 2.05) is 44.4 Å². The van der Waals surface area contributed by atoms with Crippen molar-refractivity contribution in [1.82, 2.24) is 15.1 Å². The van der Waals surface area contributed by atoms with Crippen LogP contribution in [0, 0.1) is 6.92 Å². The maximum absolute atomic E-state index is 11.9. The first-order chi connectivity index (χ1) is 9.95. The number of amides is 2. The molecule has 2 N–H and O–H groups in total. The van der Waals surface area contributed by atoms with E-state index in [1.54, 1.807) is 4.68 Å². The highest BCUT2D eigenvalue weighted by atomic mass is 16.2. The van der Waals surface area contributed by atoms with Crippen LogP contribution in [-0.4, -0.2) is 15.8 Å². The van der Waals surface area contributed by atoms with Crippen LogP contribution in [0.25, 0.3) is 0 Å². The van der Waals surface area contributed by atoms with Crippen molar-refractivity contribution in [2.45, 2.75) is 33.2 Å². The predicted octanol–water partition coefficient (Wildman–Crippen LogP) is 3.17. The van der Waals surface area contributed by atoms with E-state index in [0.717, 1.165) is 16.9 Å². The van der Waals surface area contributed by atoms with Crippen molar-refractivity contribution in [2.24, 2.45) is 7.05 Å². The van der Waals surface area contributed by atoms with Gasteiger partial charge in [-0.15, -0.1) is 0 Å². The molecule has 0 atom stereocenters. The molecule has 0 aliphatic carbocycles. The number of urea groups is 1. The molecule has 0 spiro atoms. The first-order valence-electron chi connectivity index (χ1n) is 7.09. The summed E-state index contributed by atoms with van der Waals surface area (Å²) in [6, 6.07) is 7.70. The molecule has 5 nitrogen and oxygen atoms in total. The van der Waals surface area contributed by atoms with Crippen molar-refractivity contribution >= 4 is 11.7 Å². The summed E-state index contributed by atoms with van der Waals surface area (Å²) in [6.45, 7) is 6.69. The number of hydrogen-bond acceptors (Lipinski definition) is 2. The fourth-order valence-corrected chi connectivity index (χ4v) is 2.12. The number of rotatable bonds is 4. The summed E-state index contributed by atoms with van der Waals surface area (Å²) in [5.74, 6) is 0.487. The van der Waals surface area contributed by atoms with Crippen molar-refractivity contribution < 1.29 is 4.79 Å². The average molecular weight is 286 g/mol. The van der Waals surface area contributed by atoms with Crippen molar-refractivity contribution in [3.8, 4) is 0 Å². The SMILES string of the molecule is Cc1nn(C)cc1CNC(=O)Nc1ccc(C(C)C)cc1. The van der Waals surface area contributed by atoms with Gasteiger partial charge in [-0.05, 0) is 30.5 Å². The molecule has 0 saturated carbocycles. The van der Waals surface area contributed by atoms with Gasteiger partial charge in [0, 0.05) is 31.0 Å². The number of aryl methyl sites for hydroxylation is 2. The number of carbonyl (C=O) groups excluding carboxylic acids is 1. The van der Waals surface area contributed by atoms with Crippen LogP contribution in [0.3, 0.4) is 0 Å². The van der Waals surface area contributed by atoms with Gasteiger partial charge in [-0.3, -0.25) is 4.68 Å². The lowest BCUT2D eigenvalue weighted by Crippen LogP contribution is -2.28. The van der Waals surface area contributed by atoms with Crippen LogP contribution in [0.15, 0.2) is 30.5 Å². The largest absolute Gasteiger partial charge is 0.334 e. The molecule has 5 heteroatoms. The lowest BCUT2D eigenvalue weighted by Gasteiger charge is -2.09. The minimum absolute atomic E-state index is 0.212. The fraction of sp³-hybridized carbons (Fsp3) is 0.375. The summed E-state index contributed by atoms with van der Waals surface area (Å²) in [7, 11) is 1.87. The van der Waals surface area contributed by atoms with Crippen molar-refractivity contribution in [2.75, 3.05) is 5.32 Å². The topological polar surface area (TPSA) is 59.0 Å². The Morgan fingerprint density at radius 2 is 1.95 bits per heavy atom. The van der Waals surface area contributed by atoms with Crippen LogP contribution >= 0.6 is 0 Å². The molecular formula is C16H22N4O. The van der Waals surface area contributed by atoms with Gasteiger partial charge in [0.25, 0.3) is 0 Å². The van der Waals surface area contributed by atoms with E-state index < -0.39 is 0 Å². The fourth-order valence-electron chi connectivity index (χ4n) is 2.12. The monoisotopic (exact) mass is 286 g/mol. The molecule has 0 saturated heterocycles. The number of nitrogens with zero attached hydrogens (tertiary/aromatic N) is 2. The van der Waals surface area contributed by atoms with Gasteiger partial charge >= 0.3 is 6.03 Å². The first kappa shape index (κ1) is 15.1. The Morgan fingerprint density at radius 1 is 1.29 bits per heavy atom. The quantitative estimate of drug-likeness (QED) is 0.907. The summed E-state index contributed by atoms with van der Waals surface area (Å²) < 4.78 is 1.74. The van der Waals surface area contributed by atoms with E-state index in [9.17, 15) is 4.79 Å². The maximum atomic E-state index is 11.9. The predicted molar refractivity (Wildman–Crippen MR) is 84.3 cm³/mol. The average Bonchev–Trinajstić information content (AvgIpc) is 2.75. The van der Waals surface area contributed by atoms with E-state index in [1.165, 1.54) is 5.56 Å². The number of nitrogens with one attached hydrogen (secondary N) is 2. The highest BCUT2D eigenvalue weighted by molar-refractivity contribution is 5.89. The van der Waals surface area contributed by atoms with E-state index in [-0.39, 0.29) is 6.03 Å². The van der Waals surface area contributed by atoms with Gasteiger partial charge in [0.05, 0.1) is 5.69 Å². The smallest absolute Gasteiger partial charge is 0.319 e. The van der Waals surface area contributed by atoms with Crippen molar-refractivity contribution in [1.29, 1.82) is 0 Å². The number of carbonyl (C=O) groups is 1. The zero-order valence-corrected chi connectivity index (χ0v) is 13.0. The van der Waals surface area contributed by atoms with Gasteiger partial charge in [-0.2, -0.15) is 5.10 Å². The summed E-state index contributed by atoms with van der Waals surface area (Å²) >= 11 is 0. The van der Waals surface area contributed by atoms with Gasteiger partial charge in [-0.25, -0.2) is 4.79 Å². The van der Waals surface area contributed by atoms with Crippen LogP contribution in [0.5, 0.6) is 0 Å². The molecule has 0 aliphatic rings. The molecule has 2 rings (SSSR count). The van der Waals surface area contributed by atoms with E-state index in [2.05, 4.69) is 29.6 Å². The Bertz CT molecular complexity index is 614. The molecule has 0 unspecified atom stereocenters. The molecule has 1 aromatic heterocycles. The minimum Gasteiger partial charge on any atom is -0.334 e. The Labute approximate surface area is 125 Å². The van der Waals surface area contributed by atoms with Gasteiger partial charge in [0.15, 0.2) is 0 Å². The Kier molecular flexibility index (Phi) is 4.62. The second-order valence-electron chi connectivity index (χ2n) is 5.50. The van der Waals surface area contributed by atoms with Crippen LogP contribution in [0.2, 0.25) is 0 Å². The van der Waals surface area contributed by atoms with E-state index in [0.29, 0.717) is 12.5 Å². The Morgan fingerprint density at radius 3 is 2.48 bits per heavy atom. The molecular weight excluding hydrogens is 264 g/mol. The highest BCUT2D eigenvalue weighted by Gasteiger charge is 2.06. The molecule has 2 aromatic rings. The Balaban J connectivity index is 1.88. The van der Waals surface area contributed by atoms with Gasteiger partial charge in [0.2, 0.25) is 0 Å². The van der Waals surface area contributed by atoms with Crippen LogP contribution in [0.4, 0.5) is 10.5 Å². The highest BCUT2D eigenvalue weighted by Crippen LogP contribution is 2.17. The zero-order valence-electron chi connectivity index (χ0n) is 13.0. The first-order valence-corrected chi connectivity index (χ1v) is 7.09. The molecule has 0 fully saturated rings. The molecule has 2 amide bonds. The number of aromatic nitrogens is 2. The minimum atomic E-state index is -0.212. The molecule has 112 valence electrons. The second kappa shape index (κ2) is 6.43. The molecule has 1 aromatic carbocycles. The molecule has 0 radical (unpaired) electrons. The molecule has 1 heterocycles. The van der Waals surface area contributed by atoms with Crippen LogP contribution < -0.4 is 10.6 Å². The molecule has 21 heavy (non-hydrogen) atoms. The number of anilines is 1. The molecule has 0 bridgehead atoms. The number of hydrogen-bond donors (Lipinski definition) is 2. The molecule has 0 aliphatic heterocycles. The summed E-state index contributed by atoms with van der Waals surface area (Å²) in [6.07, 6.45) is 1.91. The summed E-state index contributed by atoms with van der Waals surface area (Å²) in [4.78, 5) is 11.9. The van der Waals surface area contributed by atoms with Crippen LogP contribution in [-0.2, 0) is 13.6 Å². The lowest BCUT2D eigenvalue weighted by molar-refractivity contribution is 0.251. The van der Waals surface area contributed by atoms with Gasteiger partial charge in [-0.1, -0.05) is 26.0 Å². The lowest BCUT2D eigenvalue weighted by atomic mass is 10.0. The second-order valence-corrected chi connectivity index (χ2v) is 5.50. The standard InChI is InChI=1S/C16H22N4O/c1-11(2)13-5-7-15(8-6-13)18-16(21)17-9-14-10-20(4)19-12(14)3/h5-8,10-11H,9H2,1-4H3,(H2,17,18,21). The Hall–Kier alpha value is -2.30. The van der Waals surface area contributed by atoms with E-state index >= 15 is 0 Å². The van der Waals surface area contributed by atoms with Crippen molar-refractivity contribution in [3.05, 3.63) is 47.3 Å². The number of benzene rings is 1.